The minimum atomic E-state index is -0.579. The third-order valence-corrected chi connectivity index (χ3v) is 7.28. The summed E-state index contributed by atoms with van der Waals surface area (Å²) in [5.41, 5.74) is 2.48. The minimum Gasteiger partial charge on any atom is -0.465 e. The Morgan fingerprint density at radius 2 is 1.51 bits per heavy atom. The van der Waals surface area contributed by atoms with Crippen LogP contribution in [0.15, 0.2) is 54.6 Å². The summed E-state index contributed by atoms with van der Waals surface area (Å²) in [4.78, 5) is 32.4. The number of Topliss-reactive ketones (excluding diaryl/α,β-unsaturated/α-hetero) is 1. The van der Waals surface area contributed by atoms with Crippen LogP contribution in [0, 0.1) is 5.92 Å². The van der Waals surface area contributed by atoms with Gasteiger partial charge in [0.1, 0.15) is 0 Å². The maximum absolute atomic E-state index is 13.8. The van der Waals surface area contributed by atoms with Gasteiger partial charge in [0.05, 0.1) is 18.6 Å². The highest BCUT2D eigenvalue weighted by atomic mass is 16.5. The average Bonchev–Trinajstić information content (AvgIpc) is 2.94. The summed E-state index contributed by atoms with van der Waals surface area (Å²) in [6.45, 7) is 15.3. The first-order chi connectivity index (χ1) is 18.7. The maximum atomic E-state index is 13.8. The van der Waals surface area contributed by atoms with Crippen LogP contribution in [-0.2, 0) is 16.0 Å². The van der Waals surface area contributed by atoms with Crippen molar-refractivity contribution in [3.05, 3.63) is 65.7 Å². The number of ketones is 1. The number of nitrogens with zero attached hydrogens (tertiary/aromatic N) is 3. The Hall–Kier alpha value is -2.70. The van der Waals surface area contributed by atoms with Gasteiger partial charge in [-0.2, -0.15) is 0 Å². The Bertz CT molecular complexity index is 983. The molecule has 6 heteroatoms. The van der Waals surface area contributed by atoms with Crippen molar-refractivity contribution < 1.29 is 14.3 Å². The Morgan fingerprint density at radius 1 is 0.923 bits per heavy atom. The molecule has 2 aromatic rings. The summed E-state index contributed by atoms with van der Waals surface area (Å²) >= 11 is 0. The summed E-state index contributed by atoms with van der Waals surface area (Å²) in [7, 11) is 4.00. The Kier molecular flexibility index (Phi) is 13.7. The smallest absolute Gasteiger partial charge is 0.307 e. The zero-order valence-corrected chi connectivity index (χ0v) is 25.4. The predicted molar refractivity (Wildman–Crippen MR) is 163 cm³/mol. The topological polar surface area (TPSA) is 53.1 Å². The lowest BCUT2D eigenvalue weighted by atomic mass is 9.80. The van der Waals surface area contributed by atoms with Gasteiger partial charge in [-0.3, -0.25) is 19.4 Å². The molecule has 1 unspecified atom stereocenters. The van der Waals surface area contributed by atoms with Gasteiger partial charge in [-0.1, -0.05) is 71.4 Å². The van der Waals surface area contributed by atoms with E-state index in [1.165, 1.54) is 12.0 Å². The fourth-order valence-electron chi connectivity index (χ4n) is 4.88. The Labute approximate surface area is 237 Å². The molecule has 0 bridgehead atoms. The molecule has 3 rings (SSSR count). The van der Waals surface area contributed by atoms with Crippen molar-refractivity contribution in [2.75, 3.05) is 58.3 Å². The molecule has 1 fully saturated rings. The molecule has 1 aliphatic heterocycles. The second-order valence-electron chi connectivity index (χ2n) is 11.2. The number of rotatable bonds is 12. The van der Waals surface area contributed by atoms with Gasteiger partial charge in [-0.05, 0) is 62.7 Å². The summed E-state index contributed by atoms with van der Waals surface area (Å²) in [5.74, 6) is 0.420. The second kappa shape index (κ2) is 16.4. The molecule has 0 spiro atoms. The number of hydrogen-bond donors (Lipinski definition) is 0. The number of anilines is 1. The molecule has 0 amide bonds. The number of ether oxygens (including phenoxy) is 1. The molecule has 0 radical (unpaired) electrons. The fraction of sp³-hybridized carbons (Fsp3) is 0.576. The third-order valence-electron chi connectivity index (χ3n) is 7.28. The molecular formula is C33H51N3O3. The molecule has 1 heterocycles. The van der Waals surface area contributed by atoms with E-state index in [4.69, 9.17) is 4.74 Å². The minimum absolute atomic E-state index is 0.112. The maximum Gasteiger partial charge on any atom is 0.307 e. The normalized spacial score (nSPS) is 15.5. The first-order valence-electron chi connectivity index (χ1n) is 14.7. The lowest BCUT2D eigenvalue weighted by Gasteiger charge is -2.38. The number of carbonyl (C=O) groups excluding carboxylic acids is 2. The number of likely N-dealkylation sites (N-methyl/N-ethyl adjacent to an activating group) is 1. The predicted octanol–water partition coefficient (Wildman–Crippen LogP) is 5.95. The second-order valence-corrected chi connectivity index (χ2v) is 11.2. The van der Waals surface area contributed by atoms with E-state index in [9.17, 15) is 9.59 Å². The molecule has 6 nitrogen and oxygen atoms in total. The molecule has 0 aliphatic carbocycles. The highest BCUT2D eigenvalue weighted by Gasteiger charge is 2.39. The van der Waals surface area contributed by atoms with E-state index < -0.39 is 5.54 Å². The SMILES string of the molecule is CCC.CCC(Cc1ccccc1)(C(=O)c1ccc(N2CCN(CCC(=O)OCC(C)C)CC2)cc1)N(C)C. The number of piperazine rings is 1. The molecule has 39 heavy (non-hydrogen) atoms. The summed E-state index contributed by atoms with van der Waals surface area (Å²) in [5, 5.41) is 0. The van der Waals surface area contributed by atoms with Crippen LogP contribution in [0.4, 0.5) is 5.69 Å². The fourth-order valence-corrected chi connectivity index (χ4v) is 4.88. The van der Waals surface area contributed by atoms with E-state index in [1.807, 2.05) is 58.3 Å². The average molecular weight is 538 g/mol. The van der Waals surface area contributed by atoms with Gasteiger partial charge in [0, 0.05) is 44.0 Å². The lowest BCUT2D eigenvalue weighted by molar-refractivity contribution is -0.145. The van der Waals surface area contributed by atoms with Gasteiger partial charge in [0.25, 0.3) is 0 Å². The number of hydrogen-bond acceptors (Lipinski definition) is 6. The van der Waals surface area contributed by atoms with Crippen molar-refractivity contribution in [1.29, 1.82) is 0 Å². The van der Waals surface area contributed by atoms with Crippen LogP contribution in [0.3, 0.4) is 0 Å². The summed E-state index contributed by atoms with van der Waals surface area (Å²) in [6.07, 6.45) is 3.12. The van der Waals surface area contributed by atoms with Crippen molar-refractivity contribution in [2.24, 2.45) is 5.92 Å². The van der Waals surface area contributed by atoms with Crippen LogP contribution in [0.2, 0.25) is 0 Å². The van der Waals surface area contributed by atoms with Crippen LogP contribution >= 0.6 is 0 Å². The molecule has 0 aromatic heterocycles. The van der Waals surface area contributed by atoms with E-state index in [0.29, 0.717) is 25.4 Å². The standard InChI is InChI=1S/C30H43N3O3.C3H8/c1-6-30(31(4)5,22-25-10-8-7-9-11-25)29(35)26-12-14-27(15-13-26)33-20-18-32(19-21-33)17-16-28(34)36-23-24(2)3;1-3-2/h7-15,24H,6,16-23H2,1-5H3;3H2,1-2H3. The van der Waals surface area contributed by atoms with E-state index in [1.54, 1.807) is 0 Å². The number of benzene rings is 2. The van der Waals surface area contributed by atoms with Gasteiger partial charge < -0.3 is 9.64 Å². The van der Waals surface area contributed by atoms with E-state index >= 15 is 0 Å². The van der Waals surface area contributed by atoms with Crippen molar-refractivity contribution in [3.63, 3.8) is 0 Å². The van der Waals surface area contributed by atoms with Gasteiger partial charge in [0.2, 0.25) is 0 Å². The molecule has 1 saturated heterocycles. The van der Waals surface area contributed by atoms with Crippen LogP contribution in [0.5, 0.6) is 0 Å². The van der Waals surface area contributed by atoms with Crippen molar-refractivity contribution in [2.45, 2.75) is 65.8 Å². The Balaban J connectivity index is 0.00000170. The zero-order chi connectivity index (χ0) is 28.8. The number of esters is 1. The molecule has 2 aromatic carbocycles. The molecule has 0 saturated carbocycles. The molecule has 1 aliphatic rings. The third kappa shape index (κ3) is 9.77. The van der Waals surface area contributed by atoms with Crippen LogP contribution in [-0.4, -0.2) is 80.5 Å². The Morgan fingerprint density at radius 3 is 2.03 bits per heavy atom. The zero-order valence-electron chi connectivity index (χ0n) is 25.4. The molecule has 0 N–H and O–H groups in total. The van der Waals surface area contributed by atoms with E-state index in [-0.39, 0.29) is 11.8 Å². The van der Waals surface area contributed by atoms with Gasteiger partial charge >= 0.3 is 5.97 Å². The van der Waals surface area contributed by atoms with Crippen molar-refractivity contribution >= 4 is 17.4 Å². The van der Waals surface area contributed by atoms with E-state index in [0.717, 1.165) is 50.4 Å². The summed E-state index contributed by atoms with van der Waals surface area (Å²) < 4.78 is 5.29. The quantitative estimate of drug-likeness (QED) is 0.246. The van der Waals surface area contributed by atoms with Crippen molar-refractivity contribution in [1.82, 2.24) is 9.80 Å². The largest absolute Gasteiger partial charge is 0.465 e. The molecular weight excluding hydrogens is 486 g/mol. The monoisotopic (exact) mass is 537 g/mol. The summed E-state index contributed by atoms with van der Waals surface area (Å²) in [6, 6.07) is 18.4. The van der Waals surface area contributed by atoms with Crippen LogP contribution < -0.4 is 4.90 Å². The molecule has 1 atom stereocenters. The van der Waals surface area contributed by atoms with Gasteiger partial charge in [-0.25, -0.2) is 0 Å². The highest BCUT2D eigenvalue weighted by molar-refractivity contribution is 6.03. The van der Waals surface area contributed by atoms with Crippen LogP contribution in [0.25, 0.3) is 0 Å². The van der Waals surface area contributed by atoms with Crippen LogP contribution in [0.1, 0.15) is 69.8 Å². The first-order valence-corrected chi connectivity index (χ1v) is 14.7. The van der Waals surface area contributed by atoms with Gasteiger partial charge in [-0.15, -0.1) is 0 Å². The van der Waals surface area contributed by atoms with E-state index in [2.05, 4.69) is 59.7 Å². The highest BCUT2D eigenvalue weighted by Crippen LogP contribution is 2.29. The molecule has 216 valence electrons. The number of carbonyl (C=O) groups is 2. The van der Waals surface area contributed by atoms with Crippen molar-refractivity contribution in [3.8, 4) is 0 Å². The first kappa shape index (κ1) is 32.5. The lowest BCUT2D eigenvalue weighted by Crippen LogP contribution is -2.52. The van der Waals surface area contributed by atoms with Gasteiger partial charge in [0.15, 0.2) is 5.78 Å².